The van der Waals surface area contributed by atoms with Gasteiger partial charge in [0.15, 0.2) is 0 Å². The van der Waals surface area contributed by atoms with E-state index in [1.165, 1.54) is 5.06 Å². The number of amides is 5. The van der Waals surface area contributed by atoms with Gasteiger partial charge in [0.1, 0.15) is 6.04 Å². The number of methoxy groups -OCH3 is 2. The van der Waals surface area contributed by atoms with Gasteiger partial charge in [-0.25, -0.2) is 5.06 Å². The van der Waals surface area contributed by atoms with Gasteiger partial charge in [-0.2, -0.15) is 0 Å². The molecule has 1 aromatic heterocycles. The van der Waals surface area contributed by atoms with Gasteiger partial charge in [0.25, 0.3) is 5.91 Å². The number of H-pyrrole nitrogens is 1. The molecule has 17 heteroatoms. The van der Waals surface area contributed by atoms with Crippen LogP contribution in [-0.2, 0) is 49.5 Å². The number of aromatic nitrogens is 1. The number of hydrogen-bond donors (Lipinski definition) is 4. The number of benzene rings is 1. The maximum Gasteiger partial charge on any atom is 0.303 e. The van der Waals surface area contributed by atoms with Crippen molar-refractivity contribution in [2.45, 2.75) is 149 Å². The number of hydrogen-bond acceptors (Lipinski definition) is 11. The summed E-state index contributed by atoms with van der Waals surface area (Å²) in [6.45, 7) is 15.2. The van der Waals surface area contributed by atoms with Gasteiger partial charge in [0, 0.05) is 63.3 Å². The number of aromatic amines is 1. The fourth-order valence-corrected chi connectivity index (χ4v) is 10.2. The third-order valence-electron chi connectivity index (χ3n) is 13.8. The van der Waals surface area contributed by atoms with Crippen molar-refractivity contribution in [1.82, 2.24) is 35.4 Å². The van der Waals surface area contributed by atoms with Crippen molar-refractivity contribution in [3.05, 3.63) is 36.0 Å². The van der Waals surface area contributed by atoms with Crippen molar-refractivity contribution in [3.8, 4) is 0 Å². The molecule has 0 bridgehead atoms. The number of ether oxygens (including phenoxy) is 2. The van der Waals surface area contributed by atoms with Crippen molar-refractivity contribution in [3.63, 3.8) is 0 Å². The zero-order valence-electron chi connectivity index (χ0n) is 41.3. The van der Waals surface area contributed by atoms with E-state index in [2.05, 4.69) is 22.5 Å². The number of fused-ring (bicyclic) bond motifs is 1. The van der Waals surface area contributed by atoms with E-state index in [1.807, 2.05) is 77.0 Å². The lowest BCUT2D eigenvalue weighted by atomic mass is 9.87. The molecule has 4 rings (SSSR count). The van der Waals surface area contributed by atoms with Crippen LogP contribution in [0, 0.1) is 23.7 Å². The summed E-state index contributed by atoms with van der Waals surface area (Å²) in [5, 5.41) is 17.2. The molecule has 66 heavy (non-hydrogen) atoms. The number of para-hydroxylation sites is 1. The van der Waals surface area contributed by atoms with Crippen LogP contribution in [0.1, 0.15) is 105 Å². The van der Waals surface area contributed by atoms with Crippen LogP contribution < -0.4 is 10.6 Å². The average Bonchev–Trinajstić information content (AvgIpc) is 3.93. The Hall–Kier alpha value is -4.42. The summed E-state index contributed by atoms with van der Waals surface area (Å²) in [4.78, 5) is 96.3. The maximum absolute atomic E-state index is 14.5. The molecule has 0 unspecified atom stereocenters. The number of likely N-dealkylation sites (N-methyl/N-ethyl adjacent to an activating group) is 2. The van der Waals surface area contributed by atoms with Crippen molar-refractivity contribution >= 4 is 46.4 Å². The third-order valence-corrected chi connectivity index (χ3v) is 13.8. The summed E-state index contributed by atoms with van der Waals surface area (Å²) >= 11 is 0. The second-order valence-corrected chi connectivity index (χ2v) is 19.1. The van der Waals surface area contributed by atoms with Gasteiger partial charge in [-0.3, -0.25) is 48.7 Å². The van der Waals surface area contributed by atoms with Crippen LogP contribution >= 0.6 is 0 Å². The van der Waals surface area contributed by atoms with Crippen LogP contribution in [0.3, 0.4) is 0 Å². The van der Waals surface area contributed by atoms with Crippen LogP contribution in [0.25, 0.3) is 10.9 Å². The summed E-state index contributed by atoms with van der Waals surface area (Å²) in [7, 11) is 6.71. The van der Waals surface area contributed by atoms with Crippen molar-refractivity contribution < 1.29 is 48.2 Å². The zero-order chi connectivity index (χ0) is 48.8. The minimum Gasteiger partial charge on any atom is -0.481 e. The third kappa shape index (κ3) is 13.8. The van der Waals surface area contributed by atoms with Crippen LogP contribution in [0.2, 0.25) is 0 Å². The molecule has 0 radical (unpaired) electrons. The summed E-state index contributed by atoms with van der Waals surface area (Å²) in [6, 6.07) is 4.67. The molecular formula is C49H79N7O10. The Labute approximate surface area is 391 Å². The first-order valence-corrected chi connectivity index (χ1v) is 24.0. The highest BCUT2D eigenvalue weighted by molar-refractivity contribution is 6.00. The Bertz CT molecular complexity index is 1920. The molecule has 2 aliphatic rings. The lowest BCUT2D eigenvalue weighted by molar-refractivity contribution is -0.199. The van der Waals surface area contributed by atoms with Gasteiger partial charge in [-0.1, -0.05) is 73.1 Å². The Kier molecular flexibility index (Phi) is 21.1. The van der Waals surface area contributed by atoms with E-state index >= 15 is 0 Å². The number of hydroxylamine groups is 2. The highest BCUT2D eigenvalue weighted by Gasteiger charge is 2.44. The van der Waals surface area contributed by atoms with Gasteiger partial charge in [-0.15, -0.1) is 0 Å². The molecule has 4 N–H and O–H groups in total. The van der Waals surface area contributed by atoms with E-state index in [9.17, 15) is 28.8 Å². The fourth-order valence-electron chi connectivity index (χ4n) is 10.2. The first-order valence-electron chi connectivity index (χ1n) is 24.0. The van der Waals surface area contributed by atoms with Crippen molar-refractivity contribution in [2.24, 2.45) is 23.7 Å². The van der Waals surface area contributed by atoms with Crippen LogP contribution in [0.15, 0.2) is 30.5 Å². The number of carboxylic acids is 1. The van der Waals surface area contributed by atoms with Gasteiger partial charge in [0.05, 0.1) is 49.3 Å². The molecule has 0 aliphatic carbocycles. The number of carboxylic acid groups (broad SMARTS) is 1. The monoisotopic (exact) mass is 926 g/mol. The van der Waals surface area contributed by atoms with Gasteiger partial charge < -0.3 is 29.8 Å². The van der Waals surface area contributed by atoms with E-state index in [1.54, 1.807) is 38.0 Å². The largest absolute Gasteiger partial charge is 0.481 e. The molecule has 2 aromatic rings. The lowest BCUT2D eigenvalue weighted by Crippen LogP contribution is -2.60. The Morgan fingerprint density at radius 3 is 2.20 bits per heavy atom. The number of aliphatic carboxylic acids is 1. The zero-order valence-corrected chi connectivity index (χ0v) is 41.3. The number of imide groups is 1. The molecule has 3 heterocycles. The number of likely N-dealkylation sites (tertiary alicyclic amines) is 1. The van der Waals surface area contributed by atoms with Gasteiger partial charge >= 0.3 is 5.97 Å². The number of rotatable bonds is 25. The summed E-state index contributed by atoms with van der Waals surface area (Å²) in [5.41, 5.74) is 1.82. The standard InChI is InChI=1S/C49H79N7O10/c1-12-32(6)44(54(9)43(31(4)5)48(62)52-47(61)42(30(2)3)53(8)23-18-22-41(58)59)39(64-10)28-40(57)55-24-17-21-38(55)45(65-11)33(7)46(60)51-37(49(63)56-25-15-16-26-66-56)27-34-29-50-36-20-14-13-19-35(34)36/h13-14,19-20,29-33,37-39,42-45,50H,12,15-18,21-28H2,1-11H3,(H,51,60)(H,58,59)(H,52,61,62)/t32-,33+,37-,38-,39+,42-,43-,44-,45+/m0/s1. The average molecular weight is 926 g/mol. The Balaban J connectivity index is 1.51. The van der Waals surface area contributed by atoms with E-state index in [0.29, 0.717) is 45.5 Å². The van der Waals surface area contributed by atoms with Crippen LogP contribution in [0.4, 0.5) is 0 Å². The molecule has 5 amide bonds. The molecule has 9 atom stereocenters. The molecule has 0 saturated carbocycles. The molecule has 17 nitrogen and oxygen atoms in total. The second kappa shape index (κ2) is 25.6. The molecular weight excluding hydrogens is 847 g/mol. The van der Waals surface area contributed by atoms with E-state index in [4.69, 9.17) is 19.4 Å². The predicted octanol–water partition coefficient (Wildman–Crippen LogP) is 4.63. The predicted molar refractivity (Wildman–Crippen MR) is 252 cm³/mol. The van der Waals surface area contributed by atoms with Crippen molar-refractivity contribution in [1.29, 1.82) is 0 Å². The quantitative estimate of drug-likeness (QED) is 0.108. The fraction of sp³-hybridized carbons (Fsp3) is 0.714. The Morgan fingerprint density at radius 2 is 1.59 bits per heavy atom. The van der Waals surface area contributed by atoms with Crippen molar-refractivity contribution in [2.75, 3.05) is 54.6 Å². The minimum atomic E-state index is -0.908. The number of carbonyl (C=O) groups excluding carboxylic acids is 5. The maximum atomic E-state index is 14.5. The number of nitrogens with zero attached hydrogens (tertiary/aromatic N) is 4. The Morgan fingerprint density at radius 1 is 0.909 bits per heavy atom. The normalized spacial score (nSPS) is 19.4. The minimum absolute atomic E-state index is 0.00230. The van der Waals surface area contributed by atoms with E-state index in [-0.39, 0.29) is 54.7 Å². The highest BCUT2D eigenvalue weighted by atomic mass is 16.7. The van der Waals surface area contributed by atoms with E-state index in [0.717, 1.165) is 35.7 Å². The van der Waals surface area contributed by atoms with E-state index < -0.39 is 66.1 Å². The first-order chi connectivity index (χ1) is 31.4. The highest BCUT2D eigenvalue weighted by Crippen LogP contribution is 2.31. The first kappa shape index (κ1) is 54.2. The molecule has 2 saturated heterocycles. The molecule has 370 valence electrons. The SMILES string of the molecule is CC[C@H](C)[C@@H]([C@@H](CC(=O)N1CCC[C@H]1[C@H](OC)[C@@H](C)C(=O)N[C@@H](Cc1c[nH]c2ccccc12)C(=O)N1CCCCO1)OC)N(C)[C@H](C(=O)NC(=O)[C@H](C(C)C)N(C)CCCC(=O)O)C(C)C. The number of carbonyl (C=O) groups is 6. The lowest BCUT2D eigenvalue weighted by Gasteiger charge is -2.43. The molecule has 0 spiro atoms. The van der Waals surface area contributed by atoms with Crippen LogP contribution in [0.5, 0.6) is 0 Å². The topological polar surface area (TPSA) is 203 Å². The summed E-state index contributed by atoms with van der Waals surface area (Å²) in [6.07, 6.45) is 4.84. The summed E-state index contributed by atoms with van der Waals surface area (Å²) < 4.78 is 12.2. The van der Waals surface area contributed by atoms with Gasteiger partial charge in [-0.05, 0) is 82.1 Å². The molecule has 2 fully saturated rings. The number of nitrogens with one attached hydrogen (secondary N) is 3. The van der Waals surface area contributed by atoms with Crippen LogP contribution in [-0.4, -0.2) is 162 Å². The molecule has 1 aromatic carbocycles. The second-order valence-electron chi connectivity index (χ2n) is 19.1. The smallest absolute Gasteiger partial charge is 0.303 e. The van der Waals surface area contributed by atoms with Gasteiger partial charge in [0.2, 0.25) is 23.6 Å². The summed E-state index contributed by atoms with van der Waals surface area (Å²) in [5.74, 6) is -3.81. The molecule has 2 aliphatic heterocycles.